The van der Waals surface area contributed by atoms with Crippen molar-refractivity contribution in [3.05, 3.63) is 47.2 Å². The Balaban J connectivity index is 2.03. The smallest absolute Gasteiger partial charge is 0.264 e. The minimum atomic E-state index is -3.70. The summed E-state index contributed by atoms with van der Waals surface area (Å²) in [4.78, 5) is 8.66. The molecule has 0 saturated heterocycles. The highest BCUT2D eigenvalue weighted by Gasteiger charge is 2.23. The first kappa shape index (κ1) is 15.7. The van der Waals surface area contributed by atoms with E-state index in [2.05, 4.69) is 14.7 Å². The van der Waals surface area contributed by atoms with Gasteiger partial charge in [-0.2, -0.15) is 0 Å². The van der Waals surface area contributed by atoms with E-state index in [0.717, 1.165) is 16.4 Å². The molecular weight excluding hydrogens is 332 g/mol. The predicted molar refractivity (Wildman–Crippen MR) is 91.0 cm³/mol. The zero-order chi connectivity index (χ0) is 16.6. The SMILES string of the molecule is Cc1csc(-c2cc(S(=O)(=O)Nc3ccccn3)c(C)n2C)n1. The van der Waals surface area contributed by atoms with Crippen molar-refractivity contribution in [3.63, 3.8) is 0 Å². The van der Waals surface area contributed by atoms with Crippen LogP contribution in [0.3, 0.4) is 0 Å². The summed E-state index contributed by atoms with van der Waals surface area (Å²) in [6, 6.07) is 6.72. The molecule has 1 N–H and O–H groups in total. The minimum absolute atomic E-state index is 0.230. The van der Waals surface area contributed by atoms with Crippen LogP contribution < -0.4 is 4.72 Å². The fourth-order valence-corrected chi connectivity index (χ4v) is 4.38. The molecule has 3 aromatic heterocycles. The Kier molecular flexibility index (Phi) is 3.95. The molecule has 0 aromatic carbocycles. The highest BCUT2D eigenvalue weighted by atomic mass is 32.2. The standard InChI is InChI=1S/C15H16N4O2S2/c1-10-9-22-15(17-10)12-8-13(11(2)19(12)3)23(20,21)18-14-6-4-5-7-16-14/h4-9H,1-3H3,(H,16,18). The molecule has 0 aliphatic carbocycles. The first-order chi connectivity index (χ1) is 10.9. The molecule has 0 unspecified atom stereocenters. The van der Waals surface area contributed by atoms with Gasteiger partial charge in [-0.1, -0.05) is 6.07 Å². The van der Waals surface area contributed by atoms with E-state index in [4.69, 9.17) is 0 Å². The molecule has 0 bridgehead atoms. The van der Waals surface area contributed by atoms with E-state index < -0.39 is 10.0 Å². The topological polar surface area (TPSA) is 76.9 Å². The van der Waals surface area contributed by atoms with Gasteiger partial charge in [0.05, 0.1) is 5.69 Å². The van der Waals surface area contributed by atoms with Crippen LogP contribution in [0, 0.1) is 13.8 Å². The van der Waals surface area contributed by atoms with Crippen molar-refractivity contribution in [1.82, 2.24) is 14.5 Å². The Labute approximate surface area is 138 Å². The molecule has 0 saturated carbocycles. The van der Waals surface area contributed by atoms with Crippen LogP contribution >= 0.6 is 11.3 Å². The largest absolute Gasteiger partial charge is 0.345 e. The second-order valence-corrected chi connectivity index (χ2v) is 7.66. The molecule has 120 valence electrons. The van der Waals surface area contributed by atoms with Crippen molar-refractivity contribution in [2.75, 3.05) is 4.72 Å². The van der Waals surface area contributed by atoms with Crippen LogP contribution in [0.15, 0.2) is 40.7 Å². The maximum absolute atomic E-state index is 12.6. The van der Waals surface area contributed by atoms with Crippen molar-refractivity contribution in [1.29, 1.82) is 0 Å². The lowest BCUT2D eigenvalue weighted by molar-refractivity contribution is 0.600. The number of pyridine rings is 1. The maximum Gasteiger partial charge on any atom is 0.264 e. The first-order valence-electron chi connectivity index (χ1n) is 6.91. The van der Waals surface area contributed by atoms with E-state index in [0.29, 0.717) is 11.5 Å². The predicted octanol–water partition coefficient (Wildman–Crippen LogP) is 2.96. The van der Waals surface area contributed by atoms with E-state index in [1.807, 2.05) is 23.9 Å². The Bertz CT molecular complexity index is 943. The Morgan fingerprint density at radius 3 is 2.65 bits per heavy atom. The fourth-order valence-electron chi connectivity index (χ4n) is 2.24. The lowest BCUT2D eigenvalue weighted by Gasteiger charge is -2.07. The molecule has 0 fully saturated rings. The zero-order valence-electron chi connectivity index (χ0n) is 12.9. The summed E-state index contributed by atoms with van der Waals surface area (Å²) in [5, 5.41) is 2.74. The quantitative estimate of drug-likeness (QED) is 0.786. The molecule has 8 heteroatoms. The van der Waals surface area contributed by atoms with E-state index in [9.17, 15) is 8.42 Å². The lowest BCUT2D eigenvalue weighted by atomic mass is 10.4. The van der Waals surface area contributed by atoms with E-state index >= 15 is 0 Å². The summed E-state index contributed by atoms with van der Waals surface area (Å²) >= 11 is 1.49. The maximum atomic E-state index is 12.6. The van der Waals surface area contributed by atoms with Crippen molar-refractivity contribution in [2.45, 2.75) is 18.7 Å². The molecule has 3 aromatic rings. The molecule has 3 rings (SSSR count). The number of sulfonamides is 1. The Morgan fingerprint density at radius 2 is 2.04 bits per heavy atom. The van der Waals surface area contributed by atoms with Gasteiger partial charge in [-0.25, -0.2) is 18.4 Å². The van der Waals surface area contributed by atoms with Crippen LogP contribution in [0.2, 0.25) is 0 Å². The van der Waals surface area contributed by atoms with Gasteiger partial charge in [0.15, 0.2) is 0 Å². The average molecular weight is 348 g/mol. The van der Waals surface area contributed by atoms with Crippen LogP contribution in [0.5, 0.6) is 0 Å². The van der Waals surface area contributed by atoms with Gasteiger partial charge in [0.1, 0.15) is 15.7 Å². The van der Waals surface area contributed by atoms with Crippen LogP contribution in [0.25, 0.3) is 10.7 Å². The van der Waals surface area contributed by atoms with Gasteiger partial charge in [-0.3, -0.25) is 4.72 Å². The zero-order valence-corrected chi connectivity index (χ0v) is 14.6. The molecule has 0 atom stereocenters. The van der Waals surface area contributed by atoms with E-state index in [-0.39, 0.29) is 4.90 Å². The van der Waals surface area contributed by atoms with Crippen LogP contribution in [-0.4, -0.2) is 23.0 Å². The molecule has 6 nitrogen and oxygen atoms in total. The monoisotopic (exact) mass is 348 g/mol. The van der Waals surface area contributed by atoms with Gasteiger partial charge in [-0.05, 0) is 32.0 Å². The number of hydrogen-bond acceptors (Lipinski definition) is 5. The molecule has 0 spiro atoms. The molecule has 3 heterocycles. The van der Waals surface area contributed by atoms with Crippen molar-refractivity contribution >= 4 is 27.2 Å². The summed E-state index contributed by atoms with van der Waals surface area (Å²) in [7, 11) is -1.87. The van der Waals surface area contributed by atoms with Gasteiger partial charge >= 0.3 is 0 Å². The first-order valence-corrected chi connectivity index (χ1v) is 9.27. The number of nitrogens with one attached hydrogen (secondary N) is 1. The number of rotatable bonds is 4. The van der Waals surface area contributed by atoms with Crippen molar-refractivity contribution in [2.24, 2.45) is 7.05 Å². The molecule has 0 amide bonds. The molecule has 0 aliphatic rings. The highest BCUT2D eigenvalue weighted by molar-refractivity contribution is 7.92. The highest BCUT2D eigenvalue weighted by Crippen LogP contribution is 2.30. The molecule has 23 heavy (non-hydrogen) atoms. The summed E-state index contributed by atoms with van der Waals surface area (Å²) < 4.78 is 29.6. The Hall–Kier alpha value is -2.19. The van der Waals surface area contributed by atoms with E-state index in [1.54, 1.807) is 37.4 Å². The fraction of sp³-hybridized carbons (Fsp3) is 0.200. The van der Waals surface area contributed by atoms with Gasteiger partial charge < -0.3 is 4.57 Å². The number of aromatic nitrogens is 3. The number of aryl methyl sites for hydroxylation is 1. The summed E-state index contributed by atoms with van der Waals surface area (Å²) in [6.45, 7) is 3.69. The molecular formula is C15H16N4O2S2. The number of anilines is 1. The summed E-state index contributed by atoms with van der Waals surface area (Å²) in [5.41, 5.74) is 2.35. The van der Waals surface area contributed by atoms with Crippen molar-refractivity contribution < 1.29 is 8.42 Å². The third-order valence-electron chi connectivity index (χ3n) is 3.52. The number of nitrogens with zero attached hydrogens (tertiary/aromatic N) is 3. The number of thiazole rings is 1. The Morgan fingerprint density at radius 1 is 1.26 bits per heavy atom. The van der Waals surface area contributed by atoms with Crippen LogP contribution in [0.4, 0.5) is 5.82 Å². The number of hydrogen-bond donors (Lipinski definition) is 1. The molecule has 0 radical (unpaired) electrons. The third-order valence-corrected chi connectivity index (χ3v) is 5.97. The minimum Gasteiger partial charge on any atom is -0.345 e. The second-order valence-electron chi connectivity index (χ2n) is 5.15. The van der Waals surface area contributed by atoms with Gasteiger partial charge in [0.25, 0.3) is 10.0 Å². The van der Waals surface area contributed by atoms with Crippen LogP contribution in [0.1, 0.15) is 11.4 Å². The van der Waals surface area contributed by atoms with Gasteiger partial charge in [-0.15, -0.1) is 11.3 Å². The van der Waals surface area contributed by atoms with Gasteiger partial charge in [0, 0.05) is 30.0 Å². The summed E-state index contributed by atoms with van der Waals surface area (Å²) in [5.74, 6) is 0.294. The average Bonchev–Trinajstić information content (AvgIpc) is 3.05. The summed E-state index contributed by atoms with van der Waals surface area (Å²) in [6.07, 6.45) is 1.54. The van der Waals surface area contributed by atoms with Crippen LogP contribution in [-0.2, 0) is 17.1 Å². The van der Waals surface area contributed by atoms with Gasteiger partial charge in [0.2, 0.25) is 0 Å². The van der Waals surface area contributed by atoms with E-state index in [1.165, 1.54) is 11.3 Å². The third kappa shape index (κ3) is 2.99. The van der Waals surface area contributed by atoms with Crippen molar-refractivity contribution in [3.8, 4) is 10.7 Å². The molecule has 0 aliphatic heterocycles. The second kappa shape index (κ2) is 5.78. The lowest BCUT2D eigenvalue weighted by Crippen LogP contribution is -2.14. The normalized spacial score (nSPS) is 11.6.